The van der Waals surface area contributed by atoms with Crippen LogP contribution in [0.5, 0.6) is 0 Å². The van der Waals surface area contributed by atoms with Gasteiger partial charge in [-0.25, -0.2) is 19.3 Å². The van der Waals surface area contributed by atoms with Gasteiger partial charge in [-0.1, -0.05) is 0 Å². The summed E-state index contributed by atoms with van der Waals surface area (Å²) in [4.78, 5) is 29.2. The van der Waals surface area contributed by atoms with Crippen molar-refractivity contribution in [1.29, 1.82) is 0 Å². The molecule has 0 fully saturated rings. The van der Waals surface area contributed by atoms with Gasteiger partial charge in [-0.2, -0.15) is 13.2 Å². The van der Waals surface area contributed by atoms with Crippen molar-refractivity contribution in [3.05, 3.63) is 59.8 Å². The summed E-state index contributed by atoms with van der Waals surface area (Å²) >= 11 is 0. The third-order valence-electron chi connectivity index (χ3n) is 4.61. The molecule has 2 heterocycles. The Bertz CT molecular complexity index is 1250. The number of aromatic nitrogens is 3. The number of pyridine rings is 1. The number of nitrogens with two attached hydrogens (primary N) is 1. The predicted octanol–water partition coefficient (Wildman–Crippen LogP) is 3.66. The van der Waals surface area contributed by atoms with Crippen molar-refractivity contribution >= 4 is 28.3 Å². The standard InChI is InChI=1S/C21H18F4N6O/c1-11-8-17(21(23,24)25)29-15-10-28-19(30-18(11)15)12-4-5-16(13(22)9-12)31(3)20(32)14(27-2)6-7-26/h4-10H,26H2,1-3H3. The second-order valence-electron chi connectivity index (χ2n) is 6.75. The number of amides is 1. The molecule has 0 spiro atoms. The molecule has 1 amide bonds. The summed E-state index contributed by atoms with van der Waals surface area (Å²) in [6, 6.07) is 4.89. The van der Waals surface area contributed by atoms with Crippen LogP contribution in [0.25, 0.3) is 22.4 Å². The summed E-state index contributed by atoms with van der Waals surface area (Å²) < 4.78 is 53.7. The molecular formula is C21H18F4N6O. The highest BCUT2D eigenvalue weighted by atomic mass is 19.4. The van der Waals surface area contributed by atoms with Crippen LogP contribution in [-0.2, 0) is 11.0 Å². The largest absolute Gasteiger partial charge is 0.433 e. The lowest BCUT2D eigenvalue weighted by Crippen LogP contribution is -2.33. The molecule has 7 nitrogen and oxygen atoms in total. The Labute approximate surface area is 180 Å². The summed E-state index contributed by atoms with van der Waals surface area (Å²) in [5.41, 5.74) is 5.01. The van der Waals surface area contributed by atoms with Gasteiger partial charge in [0.2, 0.25) is 0 Å². The number of benzene rings is 1. The van der Waals surface area contributed by atoms with Crippen LogP contribution in [0.2, 0.25) is 0 Å². The molecule has 0 bridgehead atoms. The van der Waals surface area contributed by atoms with Gasteiger partial charge in [-0.15, -0.1) is 0 Å². The van der Waals surface area contributed by atoms with Crippen LogP contribution in [0.4, 0.5) is 23.2 Å². The van der Waals surface area contributed by atoms with Crippen LogP contribution in [0, 0.1) is 12.7 Å². The van der Waals surface area contributed by atoms with Gasteiger partial charge in [0.1, 0.15) is 22.7 Å². The van der Waals surface area contributed by atoms with E-state index in [1.165, 1.54) is 39.2 Å². The smallest absolute Gasteiger partial charge is 0.405 e. The number of alkyl halides is 3. The van der Waals surface area contributed by atoms with Crippen LogP contribution < -0.4 is 10.6 Å². The zero-order chi connectivity index (χ0) is 23.6. The van der Waals surface area contributed by atoms with Crippen molar-refractivity contribution in [2.45, 2.75) is 13.1 Å². The molecule has 0 atom stereocenters. The lowest BCUT2D eigenvalue weighted by Gasteiger charge is -2.18. The molecule has 0 radical (unpaired) electrons. The van der Waals surface area contributed by atoms with Crippen LogP contribution >= 0.6 is 0 Å². The highest BCUT2D eigenvalue weighted by molar-refractivity contribution is 6.47. The Kier molecular flexibility index (Phi) is 6.19. The number of rotatable bonds is 4. The molecule has 3 aromatic rings. The Morgan fingerprint density at radius 1 is 1.22 bits per heavy atom. The number of aliphatic imine (C=N–C) groups is 1. The maximum absolute atomic E-state index is 14.8. The minimum Gasteiger partial charge on any atom is -0.405 e. The molecule has 0 saturated carbocycles. The number of hydrogen-bond acceptors (Lipinski definition) is 6. The molecule has 0 aliphatic rings. The molecule has 0 aliphatic carbocycles. The highest BCUT2D eigenvalue weighted by Crippen LogP contribution is 2.31. The van der Waals surface area contributed by atoms with Gasteiger partial charge in [-0.3, -0.25) is 9.79 Å². The van der Waals surface area contributed by atoms with Crippen LogP contribution in [0.3, 0.4) is 0 Å². The molecule has 2 N–H and O–H groups in total. The van der Waals surface area contributed by atoms with E-state index >= 15 is 0 Å². The van der Waals surface area contributed by atoms with E-state index in [4.69, 9.17) is 5.73 Å². The maximum atomic E-state index is 14.8. The van der Waals surface area contributed by atoms with Crippen LogP contribution in [-0.4, -0.2) is 40.7 Å². The first-order chi connectivity index (χ1) is 15.1. The molecule has 3 rings (SSSR count). The quantitative estimate of drug-likeness (QED) is 0.487. The monoisotopic (exact) mass is 446 g/mol. The topological polar surface area (TPSA) is 97.4 Å². The summed E-state index contributed by atoms with van der Waals surface area (Å²) in [7, 11) is 2.79. The number of halogens is 4. The molecule has 1 aromatic carbocycles. The molecule has 32 heavy (non-hydrogen) atoms. The Hall–Kier alpha value is -3.89. The third kappa shape index (κ3) is 4.41. The van der Waals surface area contributed by atoms with Gasteiger partial charge in [0.05, 0.1) is 17.4 Å². The third-order valence-corrected chi connectivity index (χ3v) is 4.61. The molecule has 11 heteroatoms. The van der Waals surface area contributed by atoms with Gasteiger partial charge in [0.25, 0.3) is 5.91 Å². The summed E-state index contributed by atoms with van der Waals surface area (Å²) in [5.74, 6) is -1.19. The summed E-state index contributed by atoms with van der Waals surface area (Å²) in [6.45, 7) is 1.48. The van der Waals surface area contributed by atoms with E-state index < -0.39 is 23.6 Å². The van der Waals surface area contributed by atoms with Gasteiger partial charge in [0, 0.05) is 19.7 Å². The normalized spacial score (nSPS) is 12.5. The summed E-state index contributed by atoms with van der Waals surface area (Å²) in [6.07, 6.45) is -0.986. The van der Waals surface area contributed by atoms with Gasteiger partial charge >= 0.3 is 6.18 Å². The zero-order valence-electron chi connectivity index (χ0n) is 17.3. The number of fused-ring (bicyclic) bond motifs is 1. The second-order valence-corrected chi connectivity index (χ2v) is 6.75. The average molecular weight is 446 g/mol. The fourth-order valence-corrected chi connectivity index (χ4v) is 3.00. The van der Waals surface area contributed by atoms with E-state index in [1.54, 1.807) is 0 Å². The lowest BCUT2D eigenvalue weighted by atomic mass is 10.1. The first kappa shape index (κ1) is 22.8. The predicted molar refractivity (Wildman–Crippen MR) is 113 cm³/mol. The fourth-order valence-electron chi connectivity index (χ4n) is 3.00. The Morgan fingerprint density at radius 2 is 1.94 bits per heavy atom. The number of anilines is 1. The highest BCUT2D eigenvalue weighted by Gasteiger charge is 2.33. The van der Waals surface area contributed by atoms with Crippen molar-refractivity contribution in [2.24, 2.45) is 10.7 Å². The SMILES string of the molecule is CN=C(C=CN)C(=O)N(C)c1ccc(-c2ncc3nc(C(F)(F)F)cc(C)c3n2)cc1F. The Balaban J connectivity index is 1.98. The first-order valence-corrected chi connectivity index (χ1v) is 9.21. The molecule has 166 valence electrons. The van der Waals surface area contributed by atoms with Crippen molar-refractivity contribution < 1.29 is 22.4 Å². The molecular weight excluding hydrogens is 428 g/mol. The number of nitrogens with zero attached hydrogens (tertiary/aromatic N) is 5. The molecule has 0 unspecified atom stereocenters. The maximum Gasteiger partial charge on any atom is 0.433 e. The van der Waals surface area contributed by atoms with E-state index in [1.807, 2.05) is 0 Å². The first-order valence-electron chi connectivity index (χ1n) is 9.21. The van der Waals surface area contributed by atoms with E-state index in [0.29, 0.717) is 0 Å². The minimum atomic E-state index is -4.59. The van der Waals surface area contributed by atoms with Crippen molar-refractivity contribution in [3.8, 4) is 11.4 Å². The van der Waals surface area contributed by atoms with Gasteiger partial charge in [-0.05, 0) is 49.0 Å². The van der Waals surface area contributed by atoms with E-state index in [9.17, 15) is 22.4 Å². The summed E-state index contributed by atoms with van der Waals surface area (Å²) in [5, 5.41) is 0. The minimum absolute atomic E-state index is 0.0150. The van der Waals surface area contributed by atoms with E-state index in [0.717, 1.165) is 29.4 Å². The average Bonchev–Trinajstić information content (AvgIpc) is 2.75. The van der Waals surface area contributed by atoms with Gasteiger partial charge < -0.3 is 10.6 Å². The van der Waals surface area contributed by atoms with E-state index in [2.05, 4.69) is 19.9 Å². The number of aryl methyl sites for hydroxylation is 1. The fraction of sp³-hybridized carbons (Fsp3) is 0.190. The molecule has 0 saturated heterocycles. The second kappa shape index (κ2) is 8.69. The van der Waals surface area contributed by atoms with Crippen molar-refractivity contribution in [1.82, 2.24) is 15.0 Å². The van der Waals surface area contributed by atoms with Crippen molar-refractivity contribution in [2.75, 3.05) is 19.0 Å². The zero-order valence-corrected chi connectivity index (χ0v) is 17.3. The van der Waals surface area contributed by atoms with E-state index in [-0.39, 0.29) is 39.4 Å². The number of hydrogen-bond donors (Lipinski definition) is 1. The molecule has 2 aromatic heterocycles. The Morgan fingerprint density at radius 3 is 2.53 bits per heavy atom. The number of carbonyl (C=O) groups excluding carboxylic acids is 1. The van der Waals surface area contributed by atoms with Crippen LogP contribution in [0.1, 0.15) is 11.3 Å². The van der Waals surface area contributed by atoms with Crippen LogP contribution in [0.15, 0.2) is 47.7 Å². The lowest BCUT2D eigenvalue weighted by molar-refractivity contribution is -0.141. The number of carbonyl (C=O) groups is 1. The molecule has 0 aliphatic heterocycles. The van der Waals surface area contributed by atoms with Gasteiger partial charge in [0.15, 0.2) is 5.82 Å². The van der Waals surface area contributed by atoms with Crippen molar-refractivity contribution in [3.63, 3.8) is 0 Å².